The maximum atomic E-state index is 11.1. The van der Waals surface area contributed by atoms with Gasteiger partial charge in [0.15, 0.2) is 0 Å². The Morgan fingerprint density at radius 1 is 1.54 bits per heavy atom. The second-order valence-electron chi connectivity index (χ2n) is 4.83. The van der Waals surface area contributed by atoms with Gasteiger partial charge < -0.3 is 4.79 Å². The maximum Gasteiger partial charge on any atom is 0.136 e. The largest absolute Gasteiger partial charge is 0.302 e. The number of aldehydes is 1. The molecular formula is C11H20OS. The Bertz CT molecular complexity index is 181. The zero-order chi connectivity index (χ0) is 9.95. The molecule has 76 valence electrons. The Labute approximate surface area is 85.7 Å². The van der Waals surface area contributed by atoms with Crippen molar-refractivity contribution in [1.82, 2.24) is 0 Å². The summed E-state index contributed by atoms with van der Waals surface area (Å²) < 4.78 is -0.0422. The van der Waals surface area contributed by atoms with Crippen LogP contribution in [-0.4, -0.2) is 16.8 Å². The van der Waals surface area contributed by atoms with E-state index in [1.165, 1.54) is 18.5 Å². The van der Waals surface area contributed by atoms with Crippen molar-refractivity contribution in [3.05, 3.63) is 0 Å². The minimum atomic E-state index is -0.0422. The summed E-state index contributed by atoms with van der Waals surface area (Å²) in [4.78, 5) is 11.1. The van der Waals surface area contributed by atoms with Crippen LogP contribution in [0.15, 0.2) is 0 Å². The first-order chi connectivity index (χ1) is 6.04. The Hall–Kier alpha value is 0.0200. The smallest absolute Gasteiger partial charge is 0.136 e. The van der Waals surface area contributed by atoms with Crippen molar-refractivity contribution in [3.8, 4) is 0 Å². The standard InChI is InChI=1S/C11H20OS/c1-4-10(2,3)8-11(9-12)6-5-7-13-11/h9H,4-8H2,1-3H3. The highest BCUT2D eigenvalue weighted by Gasteiger charge is 2.38. The lowest BCUT2D eigenvalue weighted by Crippen LogP contribution is -2.30. The second-order valence-corrected chi connectivity index (χ2v) is 6.34. The first-order valence-electron chi connectivity index (χ1n) is 5.14. The van der Waals surface area contributed by atoms with E-state index < -0.39 is 0 Å². The molecule has 0 aliphatic carbocycles. The molecule has 0 aromatic heterocycles. The quantitative estimate of drug-likeness (QED) is 0.648. The van der Waals surface area contributed by atoms with E-state index in [1.807, 2.05) is 11.8 Å². The van der Waals surface area contributed by atoms with Gasteiger partial charge in [0, 0.05) is 0 Å². The zero-order valence-corrected chi connectivity index (χ0v) is 9.75. The van der Waals surface area contributed by atoms with E-state index >= 15 is 0 Å². The molecule has 1 aliphatic heterocycles. The molecule has 0 spiro atoms. The van der Waals surface area contributed by atoms with Crippen LogP contribution in [0, 0.1) is 5.41 Å². The molecule has 1 atom stereocenters. The summed E-state index contributed by atoms with van der Waals surface area (Å²) >= 11 is 1.86. The fourth-order valence-electron chi connectivity index (χ4n) is 1.93. The van der Waals surface area contributed by atoms with E-state index in [0.29, 0.717) is 5.41 Å². The van der Waals surface area contributed by atoms with Crippen molar-refractivity contribution < 1.29 is 4.79 Å². The third kappa shape index (κ3) is 2.73. The molecule has 0 bridgehead atoms. The van der Waals surface area contributed by atoms with Crippen molar-refractivity contribution in [1.29, 1.82) is 0 Å². The van der Waals surface area contributed by atoms with Gasteiger partial charge in [0.1, 0.15) is 6.29 Å². The fraction of sp³-hybridized carbons (Fsp3) is 0.909. The molecule has 1 saturated heterocycles. The average Bonchev–Trinajstić information content (AvgIpc) is 2.53. The molecule has 0 aromatic rings. The van der Waals surface area contributed by atoms with Crippen molar-refractivity contribution in [2.24, 2.45) is 5.41 Å². The Morgan fingerprint density at radius 2 is 2.23 bits per heavy atom. The van der Waals surface area contributed by atoms with Crippen LogP contribution >= 0.6 is 11.8 Å². The first kappa shape index (κ1) is 11.1. The highest BCUT2D eigenvalue weighted by Crippen LogP contribution is 2.45. The summed E-state index contributed by atoms with van der Waals surface area (Å²) in [7, 11) is 0. The van der Waals surface area contributed by atoms with Crippen LogP contribution in [0.5, 0.6) is 0 Å². The summed E-state index contributed by atoms with van der Waals surface area (Å²) in [6.45, 7) is 6.73. The SMILES string of the molecule is CCC(C)(C)CC1(C=O)CCCS1. The number of hydrogen-bond acceptors (Lipinski definition) is 2. The molecule has 0 aromatic carbocycles. The minimum absolute atomic E-state index is 0.0422. The van der Waals surface area contributed by atoms with E-state index in [1.54, 1.807) is 0 Å². The van der Waals surface area contributed by atoms with Gasteiger partial charge in [0.25, 0.3) is 0 Å². The third-order valence-corrected chi connectivity index (χ3v) is 4.60. The van der Waals surface area contributed by atoms with Crippen molar-refractivity contribution >= 4 is 18.0 Å². The third-order valence-electron chi connectivity index (χ3n) is 3.08. The normalized spacial score (nSPS) is 29.2. The van der Waals surface area contributed by atoms with Crippen molar-refractivity contribution in [2.75, 3.05) is 5.75 Å². The van der Waals surface area contributed by atoms with Crippen LogP contribution in [-0.2, 0) is 4.79 Å². The van der Waals surface area contributed by atoms with E-state index in [2.05, 4.69) is 20.8 Å². The molecule has 0 N–H and O–H groups in total. The molecule has 1 heterocycles. The molecule has 1 rings (SSSR count). The van der Waals surface area contributed by atoms with Crippen LogP contribution in [0.2, 0.25) is 0 Å². The number of hydrogen-bond donors (Lipinski definition) is 0. The molecule has 2 heteroatoms. The lowest BCUT2D eigenvalue weighted by Gasteiger charge is -2.32. The summed E-state index contributed by atoms with van der Waals surface area (Å²) in [6, 6.07) is 0. The molecule has 13 heavy (non-hydrogen) atoms. The van der Waals surface area contributed by atoms with E-state index in [0.717, 1.165) is 19.3 Å². The molecule has 0 amide bonds. The fourth-order valence-corrected chi connectivity index (χ4v) is 3.47. The van der Waals surface area contributed by atoms with Gasteiger partial charge in [-0.05, 0) is 30.4 Å². The van der Waals surface area contributed by atoms with Gasteiger partial charge in [-0.1, -0.05) is 27.2 Å². The average molecular weight is 200 g/mol. The van der Waals surface area contributed by atoms with Crippen LogP contribution in [0.4, 0.5) is 0 Å². The summed E-state index contributed by atoms with van der Waals surface area (Å²) in [5.74, 6) is 1.17. The van der Waals surface area contributed by atoms with E-state index in [-0.39, 0.29) is 4.75 Å². The van der Waals surface area contributed by atoms with Crippen LogP contribution in [0.25, 0.3) is 0 Å². The second kappa shape index (κ2) is 4.04. The number of carbonyl (C=O) groups excluding carboxylic acids is 1. The summed E-state index contributed by atoms with van der Waals surface area (Å²) in [6.07, 6.45) is 5.70. The lowest BCUT2D eigenvalue weighted by molar-refractivity contribution is -0.110. The predicted molar refractivity (Wildman–Crippen MR) is 59.2 cm³/mol. The number of rotatable bonds is 4. The minimum Gasteiger partial charge on any atom is -0.302 e. The lowest BCUT2D eigenvalue weighted by atomic mass is 9.79. The molecule has 0 radical (unpaired) electrons. The van der Waals surface area contributed by atoms with Gasteiger partial charge >= 0.3 is 0 Å². The number of carbonyl (C=O) groups is 1. The molecule has 0 saturated carbocycles. The highest BCUT2D eigenvalue weighted by molar-refractivity contribution is 8.01. The number of thioether (sulfide) groups is 1. The van der Waals surface area contributed by atoms with Gasteiger partial charge in [-0.25, -0.2) is 0 Å². The monoisotopic (exact) mass is 200 g/mol. The summed E-state index contributed by atoms with van der Waals surface area (Å²) in [5.41, 5.74) is 0.318. The molecule has 1 fully saturated rings. The zero-order valence-electron chi connectivity index (χ0n) is 8.93. The predicted octanol–water partition coefficient (Wildman–Crippen LogP) is 3.28. The van der Waals surface area contributed by atoms with Gasteiger partial charge in [-0.3, -0.25) is 0 Å². The Morgan fingerprint density at radius 3 is 2.62 bits per heavy atom. The molecule has 1 unspecified atom stereocenters. The molecule has 1 nitrogen and oxygen atoms in total. The van der Waals surface area contributed by atoms with E-state index in [9.17, 15) is 4.79 Å². The van der Waals surface area contributed by atoms with Crippen molar-refractivity contribution in [2.45, 2.75) is 51.2 Å². The van der Waals surface area contributed by atoms with Gasteiger partial charge in [-0.2, -0.15) is 0 Å². The van der Waals surface area contributed by atoms with Crippen LogP contribution in [0.3, 0.4) is 0 Å². The van der Waals surface area contributed by atoms with Gasteiger partial charge in [-0.15, -0.1) is 11.8 Å². The Balaban J connectivity index is 2.63. The Kier molecular flexibility index (Phi) is 3.44. The summed E-state index contributed by atoms with van der Waals surface area (Å²) in [5, 5.41) is 0. The van der Waals surface area contributed by atoms with Crippen molar-refractivity contribution in [3.63, 3.8) is 0 Å². The van der Waals surface area contributed by atoms with E-state index in [4.69, 9.17) is 0 Å². The topological polar surface area (TPSA) is 17.1 Å². The van der Waals surface area contributed by atoms with Gasteiger partial charge in [0.05, 0.1) is 4.75 Å². The molecular weight excluding hydrogens is 180 g/mol. The maximum absolute atomic E-state index is 11.1. The van der Waals surface area contributed by atoms with Crippen LogP contribution in [0.1, 0.15) is 46.5 Å². The molecule has 1 aliphatic rings. The van der Waals surface area contributed by atoms with Crippen LogP contribution < -0.4 is 0 Å². The highest BCUT2D eigenvalue weighted by atomic mass is 32.2. The first-order valence-corrected chi connectivity index (χ1v) is 6.12. The van der Waals surface area contributed by atoms with Gasteiger partial charge in [0.2, 0.25) is 0 Å².